The maximum absolute atomic E-state index is 13.3. The Labute approximate surface area is 186 Å². The molecule has 0 unspecified atom stereocenters. The molecule has 5 nitrogen and oxygen atoms in total. The molecule has 0 aromatic heterocycles. The van der Waals surface area contributed by atoms with Crippen molar-refractivity contribution in [2.45, 2.75) is 73.0 Å². The van der Waals surface area contributed by atoms with Crippen LogP contribution in [0.25, 0.3) is 0 Å². The lowest BCUT2D eigenvalue weighted by Crippen LogP contribution is -2.51. The first-order valence-corrected chi connectivity index (χ1v) is 11.1. The first-order chi connectivity index (χ1) is 14.7. The van der Waals surface area contributed by atoms with Crippen molar-refractivity contribution in [3.63, 3.8) is 0 Å². The van der Waals surface area contributed by atoms with Crippen molar-refractivity contribution >= 4 is 11.8 Å². The zero-order chi connectivity index (χ0) is 23.0. The highest BCUT2D eigenvalue weighted by atomic mass is 16.5. The SMILES string of the molecule is CC[C@H](C)NC(=O)[C@H](CC)N(Cc1ccccc1C)C(=O)COc1cc(C)cc(C)c1. The Hall–Kier alpha value is -2.82. The average molecular weight is 425 g/mol. The number of nitrogens with one attached hydrogen (secondary N) is 1. The summed E-state index contributed by atoms with van der Waals surface area (Å²) in [5, 5.41) is 3.03. The van der Waals surface area contributed by atoms with E-state index in [1.807, 2.05) is 77.9 Å². The number of carbonyl (C=O) groups excluding carboxylic acids is 2. The van der Waals surface area contributed by atoms with Gasteiger partial charge in [-0.3, -0.25) is 9.59 Å². The number of hydrogen-bond donors (Lipinski definition) is 1. The van der Waals surface area contributed by atoms with Gasteiger partial charge in [0.25, 0.3) is 5.91 Å². The first kappa shape index (κ1) is 24.4. The fraction of sp³-hybridized carbons (Fsp3) is 0.462. The summed E-state index contributed by atoms with van der Waals surface area (Å²) in [6.45, 7) is 12.2. The van der Waals surface area contributed by atoms with Gasteiger partial charge in [-0.1, -0.05) is 44.2 Å². The van der Waals surface area contributed by atoms with E-state index >= 15 is 0 Å². The molecule has 0 fully saturated rings. The van der Waals surface area contributed by atoms with Crippen molar-refractivity contribution in [3.8, 4) is 5.75 Å². The van der Waals surface area contributed by atoms with Crippen molar-refractivity contribution in [1.29, 1.82) is 0 Å². The minimum absolute atomic E-state index is 0.0588. The van der Waals surface area contributed by atoms with Crippen molar-refractivity contribution in [2.75, 3.05) is 6.61 Å². The molecule has 0 bridgehead atoms. The van der Waals surface area contributed by atoms with Crippen molar-refractivity contribution in [2.24, 2.45) is 0 Å². The quantitative estimate of drug-likeness (QED) is 0.601. The maximum Gasteiger partial charge on any atom is 0.261 e. The Bertz CT molecular complexity index is 874. The van der Waals surface area contributed by atoms with Gasteiger partial charge in [0.15, 0.2) is 6.61 Å². The lowest BCUT2D eigenvalue weighted by atomic mass is 10.1. The molecule has 0 saturated carbocycles. The van der Waals surface area contributed by atoms with Crippen LogP contribution in [0.3, 0.4) is 0 Å². The molecule has 31 heavy (non-hydrogen) atoms. The number of aryl methyl sites for hydroxylation is 3. The molecule has 0 saturated heterocycles. The van der Waals surface area contributed by atoms with E-state index < -0.39 is 6.04 Å². The molecule has 0 heterocycles. The molecule has 0 radical (unpaired) electrons. The summed E-state index contributed by atoms with van der Waals surface area (Å²) in [7, 11) is 0. The molecule has 2 amide bonds. The summed E-state index contributed by atoms with van der Waals surface area (Å²) in [5.41, 5.74) is 4.28. The molecule has 5 heteroatoms. The summed E-state index contributed by atoms with van der Waals surface area (Å²) in [4.78, 5) is 27.9. The van der Waals surface area contributed by atoms with E-state index in [0.29, 0.717) is 18.7 Å². The highest BCUT2D eigenvalue weighted by Gasteiger charge is 2.29. The van der Waals surface area contributed by atoms with Crippen LogP contribution in [0.2, 0.25) is 0 Å². The smallest absolute Gasteiger partial charge is 0.261 e. The highest BCUT2D eigenvalue weighted by molar-refractivity contribution is 5.88. The third-order valence-corrected chi connectivity index (χ3v) is 5.55. The number of hydrogen-bond acceptors (Lipinski definition) is 3. The molecule has 0 aliphatic rings. The van der Waals surface area contributed by atoms with E-state index in [0.717, 1.165) is 28.7 Å². The Kier molecular flexibility index (Phi) is 9.10. The van der Waals surface area contributed by atoms with E-state index in [4.69, 9.17) is 4.74 Å². The lowest BCUT2D eigenvalue weighted by molar-refractivity contribution is -0.143. The van der Waals surface area contributed by atoms with Gasteiger partial charge in [0.05, 0.1) is 0 Å². The van der Waals surface area contributed by atoms with Gasteiger partial charge in [-0.15, -0.1) is 0 Å². The van der Waals surface area contributed by atoms with Gasteiger partial charge in [-0.2, -0.15) is 0 Å². The molecule has 2 aromatic rings. The van der Waals surface area contributed by atoms with Crippen LogP contribution < -0.4 is 10.1 Å². The Morgan fingerprint density at radius 1 is 1.00 bits per heavy atom. The summed E-state index contributed by atoms with van der Waals surface area (Å²) >= 11 is 0. The second-order valence-electron chi connectivity index (χ2n) is 8.30. The molecule has 1 N–H and O–H groups in total. The minimum atomic E-state index is -0.552. The van der Waals surface area contributed by atoms with Crippen molar-refractivity contribution in [1.82, 2.24) is 10.2 Å². The largest absolute Gasteiger partial charge is 0.484 e. The molecule has 0 aliphatic carbocycles. The van der Waals surface area contributed by atoms with Gasteiger partial charge in [0.2, 0.25) is 5.91 Å². The van der Waals surface area contributed by atoms with E-state index in [1.165, 1.54) is 0 Å². The van der Waals surface area contributed by atoms with Crippen LogP contribution in [0, 0.1) is 20.8 Å². The fourth-order valence-corrected chi connectivity index (χ4v) is 3.58. The van der Waals surface area contributed by atoms with Crippen LogP contribution >= 0.6 is 0 Å². The maximum atomic E-state index is 13.3. The fourth-order valence-electron chi connectivity index (χ4n) is 3.58. The summed E-state index contributed by atoms with van der Waals surface area (Å²) in [6.07, 6.45) is 1.37. The van der Waals surface area contributed by atoms with Gasteiger partial charge in [-0.25, -0.2) is 0 Å². The molecular formula is C26H36N2O3. The third kappa shape index (κ3) is 7.12. The minimum Gasteiger partial charge on any atom is -0.484 e. The van der Waals surface area contributed by atoms with E-state index in [9.17, 15) is 9.59 Å². The monoisotopic (exact) mass is 424 g/mol. The average Bonchev–Trinajstić information content (AvgIpc) is 2.72. The first-order valence-electron chi connectivity index (χ1n) is 11.1. The number of carbonyl (C=O) groups is 2. The summed E-state index contributed by atoms with van der Waals surface area (Å²) in [5.74, 6) is 0.345. The highest BCUT2D eigenvalue weighted by Crippen LogP contribution is 2.19. The normalized spacial score (nSPS) is 12.7. The van der Waals surface area contributed by atoms with Crippen LogP contribution in [-0.2, 0) is 16.1 Å². The number of benzene rings is 2. The number of ether oxygens (including phenoxy) is 1. The molecule has 0 spiro atoms. The van der Waals surface area contributed by atoms with Crippen LogP contribution in [0.15, 0.2) is 42.5 Å². The van der Waals surface area contributed by atoms with Crippen LogP contribution in [0.5, 0.6) is 5.75 Å². The van der Waals surface area contributed by atoms with Gasteiger partial charge < -0.3 is 15.0 Å². The zero-order valence-electron chi connectivity index (χ0n) is 19.7. The van der Waals surface area contributed by atoms with Crippen LogP contribution in [0.1, 0.15) is 55.9 Å². The summed E-state index contributed by atoms with van der Waals surface area (Å²) in [6, 6.07) is 13.3. The second-order valence-corrected chi connectivity index (χ2v) is 8.30. The van der Waals surface area contributed by atoms with Gasteiger partial charge in [-0.05, 0) is 74.9 Å². The molecule has 2 rings (SSSR count). The molecular weight excluding hydrogens is 388 g/mol. The molecule has 2 atom stereocenters. The number of amides is 2. The zero-order valence-corrected chi connectivity index (χ0v) is 19.7. The Balaban J connectivity index is 2.25. The predicted molar refractivity (Wildman–Crippen MR) is 125 cm³/mol. The van der Waals surface area contributed by atoms with E-state index in [1.54, 1.807) is 4.90 Å². The number of nitrogens with zero attached hydrogens (tertiary/aromatic N) is 1. The van der Waals surface area contributed by atoms with E-state index in [-0.39, 0.29) is 24.5 Å². The molecule has 0 aliphatic heterocycles. The van der Waals surface area contributed by atoms with Crippen LogP contribution in [-0.4, -0.2) is 35.4 Å². The van der Waals surface area contributed by atoms with Crippen LogP contribution in [0.4, 0.5) is 0 Å². The predicted octanol–water partition coefficient (Wildman–Crippen LogP) is 4.71. The van der Waals surface area contributed by atoms with Crippen molar-refractivity contribution in [3.05, 3.63) is 64.7 Å². The number of rotatable bonds is 10. The lowest BCUT2D eigenvalue weighted by Gasteiger charge is -2.31. The molecule has 2 aromatic carbocycles. The standard InChI is InChI=1S/C26H36N2O3/c1-7-21(6)27-26(30)24(8-2)28(16-22-12-10-9-11-20(22)5)25(29)17-31-23-14-18(3)13-19(4)15-23/h9-15,21,24H,7-8,16-17H2,1-6H3,(H,27,30)/t21-,24-/m0/s1. The van der Waals surface area contributed by atoms with E-state index in [2.05, 4.69) is 11.4 Å². The molecule has 168 valence electrons. The Morgan fingerprint density at radius 2 is 1.65 bits per heavy atom. The third-order valence-electron chi connectivity index (χ3n) is 5.55. The summed E-state index contributed by atoms with van der Waals surface area (Å²) < 4.78 is 5.83. The van der Waals surface area contributed by atoms with Gasteiger partial charge >= 0.3 is 0 Å². The Morgan fingerprint density at radius 3 is 2.23 bits per heavy atom. The second kappa shape index (κ2) is 11.5. The van der Waals surface area contributed by atoms with Gasteiger partial charge in [0, 0.05) is 12.6 Å². The topological polar surface area (TPSA) is 58.6 Å². The van der Waals surface area contributed by atoms with Crippen molar-refractivity contribution < 1.29 is 14.3 Å². The van der Waals surface area contributed by atoms with Gasteiger partial charge in [0.1, 0.15) is 11.8 Å².